The molecule has 4 heterocycles. The average Bonchev–Trinajstić information content (AvgIpc) is 3.11. The minimum Gasteiger partial charge on any atom is -0.353 e. The standard InChI is InChI=1S/C16H18N8O/c25-16(19-13-3-5-17-6-4-13)11-22-7-9-23(10-8-22)15-2-1-14-20-18-12-24(14)21-15/h1-6,12H,7-11H2,(H,17,19,25). The Labute approximate surface area is 144 Å². The molecule has 0 aromatic carbocycles. The van der Waals surface area contributed by atoms with E-state index in [1.54, 1.807) is 35.4 Å². The largest absolute Gasteiger partial charge is 0.353 e. The zero-order valence-corrected chi connectivity index (χ0v) is 13.6. The van der Waals surface area contributed by atoms with Crippen LogP contribution in [0.25, 0.3) is 5.65 Å². The SMILES string of the molecule is O=C(CN1CCN(c2ccc3nncn3n2)CC1)Nc1ccncc1. The molecule has 0 unspecified atom stereocenters. The van der Waals surface area contributed by atoms with E-state index in [4.69, 9.17) is 0 Å². The number of rotatable bonds is 4. The molecule has 9 heteroatoms. The highest BCUT2D eigenvalue weighted by Crippen LogP contribution is 2.14. The maximum absolute atomic E-state index is 12.1. The summed E-state index contributed by atoms with van der Waals surface area (Å²) in [6.07, 6.45) is 4.92. The van der Waals surface area contributed by atoms with Gasteiger partial charge in [-0.25, -0.2) is 0 Å². The van der Waals surface area contributed by atoms with E-state index < -0.39 is 0 Å². The first-order chi connectivity index (χ1) is 12.3. The highest BCUT2D eigenvalue weighted by Gasteiger charge is 2.20. The Bertz CT molecular complexity index is 857. The molecule has 3 aromatic rings. The molecular formula is C16H18N8O. The number of hydrogen-bond acceptors (Lipinski definition) is 7. The van der Waals surface area contributed by atoms with Crippen LogP contribution in [0, 0.1) is 0 Å². The monoisotopic (exact) mass is 338 g/mol. The van der Waals surface area contributed by atoms with E-state index >= 15 is 0 Å². The molecule has 0 atom stereocenters. The Kier molecular flexibility index (Phi) is 4.21. The molecule has 1 aliphatic rings. The molecule has 1 saturated heterocycles. The summed E-state index contributed by atoms with van der Waals surface area (Å²) in [7, 11) is 0. The van der Waals surface area contributed by atoms with Crippen molar-refractivity contribution in [3.8, 4) is 0 Å². The van der Waals surface area contributed by atoms with Crippen molar-refractivity contribution in [1.29, 1.82) is 0 Å². The van der Waals surface area contributed by atoms with Crippen LogP contribution >= 0.6 is 0 Å². The molecule has 1 amide bonds. The fourth-order valence-electron chi connectivity index (χ4n) is 2.86. The van der Waals surface area contributed by atoms with Crippen molar-refractivity contribution in [2.75, 3.05) is 42.9 Å². The Morgan fingerprint density at radius 1 is 1.08 bits per heavy atom. The van der Waals surface area contributed by atoms with Crippen LogP contribution in [0.3, 0.4) is 0 Å². The second kappa shape index (κ2) is 6.81. The summed E-state index contributed by atoms with van der Waals surface area (Å²) < 4.78 is 1.67. The van der Waals surface area contributed by atoms with Crippen LogP contribution < -0.4 is 10.2 Å². The number of carbonyl (C=O) groups is 1. The lowest BCUT2D eigenvalue weighted by Gasteiger charge is -2.34. The number of carbonyl (C=O) groups excluding carboxylic acids is 1. The van der Waals surface area contributed by atoms with Crippen molar-refractivity contribution in [3.05, 3.63) is 43.0 Å². The molecule has 0 aliphatic carbocycles. The highest BCUT2D eigenvalue weighted by atomic mass is 16.2. The van der Waals surface area contributed by atoms with Gasteiger partial charge in [0.05, 0.1) is 6.54 Å². The van der Waals surface area contributed by atoms with Gasteiger partial charge in [-0.1, -0.05) is 0 Å². The van der Waals surface area contributed by atoms with E-state index in [0.29, 0.717) is 6.54 Å². The normalized spacial score (nSPS) is 15.4. The van der Waals surface area contributed by atoms with Crippen molar-refractivity contribution in [1.82, 2.24) is 29.7 Å². The topological polar surface area (TPSA) is 91.6 Å². The Morgan fingerprint density at radius 2 is 1.88 bits per heavy atom. The minimum absolute atomic E-state index is 0.0105. The van der Waals surface area contributed by atoms with Gasteiger partial charge in [-0.15, -0.1) is 15.3 Å². The van der Waals surface area contributed by atoms with E-state index in [1.165, 1.54) is 0 Å². The molecule has 9 nitrogen and oxygen atoms in total. The van der Waals surface area contributed by atoms with Gasteiger partial charge in [0.2, 0.25) is 5.91 Å². The van der Waals surface area contributed by atoms with Gasteiger partial charge in [-0.05, 0) is 24.3 Å². The van der Waals surface area contributed by atoms with E-state index in [9.17, 15) is 4.79 Å². The first-order valence-corrected chi connectivity index (χ1v) is 8.12. The van der Waals surface area contributed by atoms with Crippen LogP contribution in [-0.4, -0.2) is 68.3 Å². The number of aromatic nitrogens is 5. The number of pyridine rings is 1. The predicted molar refractivity (Wildman–Crippen MR) is 92.3 cm³/mol. The summed E-state index contributed by atoms with van der Waals surface area (Å²) in [5.41, 5.74) is 1.50. The lowest BCUT2D eigenvalue weighted by Crippen LogP contribution is -2.49. The molecule has 128 valence electrons. The van der Waals surface area contributed by atoms with Crippen molar-refractivity contribution in [2.45, 2.75) is 0 Å². The van der Waals surface area contributed by atoms with Crippen LogP contribution in [0.2, 0.25) is 0 Å². The Hall–Kier alpha value is -3.07. The second-order valence-electron chi connectivity index (χ2n) is 5.87. The number of fused-ring (bicyclic) bond motifs is 1. The summed E-state index contributed by atoms with van der Waals surface area (Å²) >= 11 is 0. The third-order valence-electron chi connectivity index (χ3n) is 4.18. The zero-order valence-electron chi connectivity index (χ0n) is 13.6. The fourth-order valence-corrected chi connectivity index (χ4v) is 2.86. The Morgan fingerprint density at radius 3 is 2.68 bits per heavy atom. The van der Waals surface area contributed by atoms with E-state index in [1.807, 2.05) is 12.1 Å². The van der Waals surface area contributed by atoms with Gasteiger partial charge in [0.1, 0.15) is 12.1 Å². The first kappa shape index (κ1) is 15.5. The molecule has 0 spiro atoms. The number of piperazine rings is 1. The molecule has 4 rings (SSSR count). The van der Waals surface area contributed by atoms with Gasteiger partial charge in [0.15, 0.2) is 5.65 Å². The molecule has 3 aromatic heterocycles. The summed E-state index contributed by atoms with van der Waals surface area (Å²) in [6, 6.07) is 7.42. The summed E-state index contributed by atoms with van der Waals surface area (Å²) in [4.78, 5) is 20.4. The van der Waals surface area contributed by atoms with Crippen LogP contribution in [-0.2, 0) is 4.79 Å². The number of nitrogens with zero attached hydrogens (tertiary/aromatic N) is 7. The van der Waals surface area contributed by atoms with Gasteiger partial charge in [-0.3, -0.25) is 14.7 Å². The average molecular weight is 338 g/mol. The first-order valence-electron chi connectivity index (χ1n) is 8.12. The maximum Gasteiger partial charge on any atom is 0.238 e. The molecule has 25 heavy (non-hydrogen) atoms. The van der Waals surface area contributed by atoms with Crippen LogP contribution in [0.5, 0.6) is 0 Å². The number of hydrogen-bond donors (Lipinski definition) is 1. The molecule has 1 aliphatic heterocycles. The van der Waals surface area contributed by atoms with Crippen molar-refractivity contribution >= 4 is 23.1 Å². The summed E-state index contributed by atoms with van der Waals surface area (Å²) in [6.45, 7) is 3.65. The van der Waals surface area contributed by atoms with Crippen molar-refractivity contribution in [2.24, 2.45) is 0 Å². The fraction of sp³-hybridized carbons (Fsp3) is 0.312. The predicted octanol–water partition coefficient (Wildman–Crippen LogP) is 0.280. The van der Waals surface area contributed by atoms with Gasteiger partial charge in [0.25, 0.3) is 0 Å². The maximum atomic E-state index is 12.1. The van der Waals surface area contributed by atoms with E-state index in [0.717, 1.165) is 43.3 Å². The minimum atomic E-state index is -0.0105. The molecule has 0 bridgehead atoms. The van der Waals surface area contributed by atoms with E-state index in [2.05, 4.69) is 35.4 Å². The lowest BCUT2D eigenvalue weighted by atomic mass is 10.3. The quantitative estimate of drug-likeness (QED) is 0.730. The third-order valence-corrected chi connectivity index (χ3v) is 4.18. The van der Waals surface area contributed by atoms with Gasteiger partial charge < -0.3 is 10.2 Å². The lowest BCUT2D eigenvalue weighted by molar-refractivity contribution is -0.117. The summed E-state index contributed by atoms with van der Waals surface area (Å²) in [5.74, 6) is 0.886. The molecular weight excluding hydrogens is 320 g/mol. The molecule has 0 saturated carbocycles. The second-order valence-corrected chi connectivity index (χ2v) is 5.87. The van der Waals surface area contributed by atoms with Crippen LogP contribution in [0.4, 0.5) is 11.5 Å². The van der Waals surface area contributed by atoms with Gasteiger partial charge >= 0.3 is 0 Å². The Balaban J connectivity index is 1.31. The summed E-state index contributed by atoms with van der Waals surface area (Å²) in [5, 5.41) is 15.2. The van der Waals surface area contributed by atoms with Gasteiger partial charge in [0, 0.05) is 44.3 Å². The highest BCUT2D eigenvalue weighted by molar-refractivity contribution is 5.92. The van der Waals surface area contributed by atoms with Crippen LogP contribution in [0.1, 0.15) is 0 Å². The van der Waals surface area contributed by atoms with E-state index in [-0.39, 0.29) is 5.91 Å². The van der Waals surface area contributed by atoms with Crippen molar-refractivity contribution < 1.29 is 4.79 Å². The van der Waals surface area contributed by atoms with Crippen molar-refractivity contribution in [3.63, 3.8) is 0 Å². The van der Waals surface area contributed by atoms with Gasteiger partial charge in [-0.2, -0.15) is 4.52 Å². The molecule has 0 radical (unpaired) electrons. The smallest absolute Gasteiger partial charge is 0.238 e. The molecule has 1 N–H and O–H groups in total. The number of amides is 1. The zero-order chi connectivity index (χ0) is 17.1. The number of nitrogens with one attached hydrogen (secondary N) is 1. The number of anilines is 2. The third kappa shape index (κ3) is 3.56. The van der Waals surface area contributed by atoms with Crippen LogP contribution in [0.15, 0.2) is 43.0 Å². The molecule has 1 fully saturated rings.